The molecular weight excluding hydrogens is 256 g/mol. The van der Waals surface area contributed by atoms with E-state index in [1.165, 1.54) is 0 Å². The average molecular weight is 280 g/mol. The number of aliphatic hydroxyl groups is 1. The highest BCUT2D eigenvalue weighted by Crippen LogP contribution is 2.24. The molecule has 1 aliphatic rings. The Labute approximate surface area is 120 Å². The molecule has 2 rings (SSSR count). The molecule has 112 valence electrons. The van der Waals surface area contributed by atoms with Crippen LogP contribution in [0.15, 0.2) is 18.2 Å². The van der Waals surface area contributed by atoms with Gasteiger partial charge in [-0.15, -0.1) is 0 Å². The molecule has 1 heterocycles. The van der Waals surface area contributed by atoms with Crippen LogP contribution >= 0.6 is 0 Å². The van der Waals surface area contributed by atoms with Crippen LogP contribution in [0.4, 0.5) is 5.69 Å². The maximum absolute atomic E-state index is 9.28. The molecule has 0 amide bonds. The van der Waals surface area contributed by atoms with Crippen molar-refractivity contribution in [1.29, 1.82) is 0 Å². The van der Waals surface area contributed by atoms with Gasteiger partial charge in [0.25, 0.3) is 0 Å². The van der Waals surface area contributed by atoms with Crippen LogP contribution in [0.3, 0.4) is 0 Å². The third-order valence-electron chi connectivity index (χ3n) is 3.38. The van der Waals surface area contributed by atoms with E-state index in [9.17, 15) is 5.11 Å². The molecule has 0 aromatic heterocycles. The highest BCUT2D eigenvalue weighted by molar-refractivity contribution is 5.47. The van der Waals surface area contributed by atoms with Crippen LogP contribution in [0.25, 0.3) is 0 Å². The molecule has 1 aliphatic heterocycles. The van der Waals surface area contributed by atoms with E-state index in [4.69, 9.17) is 15.2 Å². The Morgan fingerprint density at radius 3 is 2.95 bits per heavy atom. The van der Waals surface area contributed by atoms with Gasteiger partial charge in [-0.25, -0.2) is 0 Å². The molecule has 0 aliphatic carbocycles. The molecule has 1 fully saturated rings. The lowest BCUT2D eigenvalue weighted by Gasteiger charge is -2.36. The maximum Gasteiger partial charge on any atom is 0.123 e. The van der Waals surface area contributed by atoms with Crippen molar-refractivity contribution < 1.29 is 14.6 Å². The molecule has 1 saturated heterocycles. The van der Waals surface area contributed by atoms with E-state index >= 15 is 0 Å². The summed E-state index contributed by atoms with van der Waals surface area (Å²) in [6.07, 6.45) is 0.00727. The molecular formula is C15H24N2O3. The maximum atomic E-state index is 9.28. The lowest BCUT2D eigenvalue weighted by Crippen LogP contribution is -2.47. The second kappa shape index (κ2) is 6.92. The van der Waals surface area contributed by atoms with E-state index in [1.54, 1.807) is 0 Å². The Morgan fingerprint density at radius 1 is 1.45 bits per heavy atom. The predicted octanol–water partition coefficient (Wildman–Crippen LogP) is 1.25. The largest absolute Gasteiger partial charge is 0.494 e. The van der Waals surface area contributed by atoms with Gasteiger partial charge in [0, 0.05) is 30.9 Å². The standard InChI is InChI=1S/C15H24N2O3/c1-3-19-15-5-4-13(16)6-12(15)8-17-7-11(2)20-14(9-17)10-18/h4-6,11,14,18H,3,7-10,16H2,1-2H3. The Balaban J connectivity index is 2.10. The predicted molar refractivity (Wildman–Crippen MR) is 78.7 cm³/mol. The van der Waals surface area contributed by atoms with Crippen LogP contribution in [-0.4, -0.2) is 48.5 Å². The number of anilines is 1. The van der Waals surface area contributed by atoms with E-state index in [-0.39, 0.29) is 18.8 Å². The summed E-state index contributed by atoms with van der Waals surface area (Å²) in [4.78, 5) is 2.27. The van der Waals surface area contributed by atoms with Gasteiger partial charge in [0.1, 0.15) is 5.75 Å². The molecule has 0 spiro atoms. The van der Waals surface area contributed by atoms with Crippen LogP contribution in [0.1, 0.15) is 19.4 Å². The van der Waals surface area contributed by atoms with Crippen LogP contribution in [0.2, 0.25) is 0 Å². The van der Waals surface area contributed by atoms with Crippen molar-refractivity contribution in [2.24, 2.45) is 0 Å². The Kier molecular flexibility index (Phi) is 5.23. The number of benzene rings is 1. The summed E-state index contributed by atoms with van der Waals surface area (Å²) in [6, 6.07) is 5.73. The highest BCUT2D eigenvalue weighted by atomic mass is 16.5. The molecule has 5 heteroatoms. The zero-order valence-electron chi connectivity index (χ0n) is 12.2. The van der Waals surface area contributed by atoms with Gasteiger partial charge in [-0.05, 0) is 32.0 Å². The van der Waals surface area contributed by atoms with Gasteiger partial charge in [-0.2, -0.15) is 0 Å². The van der Waals surface area contributed by atoms with Crippen molar-refractivity contribution in [2.45, 2.75) is 32.6 Å². The Morgan fingerprint density at radius 2 is 2.25 bits per heavy atom. The number of nitrogens with zero attached hydrogens (tertiary/aromatic N) is 1. The van der Waals surface area contributed by atoms with Crippen LogP contribution < -0.4 is 10.5 Å². The molecule has 1 aromatic rings. The topological polar surface area (TPSA) is 68.0 Å². The normalized spacial score (nSPS) is 23.8. The second-order valence-corrected chi connectivity index (χ2v) is 5.25. The minimum absolute atomic E-state index is 0.0517. The quantitative estimate of drug-likeness (QED) is 0.795. The lowest BCUT2D eigenvalue weighted by molar-refractivity contribution is -0.0973. The molecule has 20 heavy (non-hydrogen) atoms. The van der Waals surface area contributed by atoms with Gasteiger partial charge >= 0.3 is 0 Å². The fourth-order valence-corrected chi connectivity index (χ4v) is 2.63. The van der Waals surface area contributed by atoms with Crippen LogP contribution in [0.5, 0.6) is 5.75 Å². The molecule has 3 N–H and O–H groups in total. The van der Waals surface area contributed by atoms with Crippen molar-refractivity contribution in [3.63, 3.8) is 0 Å². The van der Waals surface area contributed by atoms with Crippen molar-refractivity contribution in [2.75, 3.05) is 32.0 Å². The third-order valence-corrected chi connectivity index (χ3v) is 3.38. The van der Waals surface area contributed by atoms with E-state index in [1.807, 2.05) is 32.0 Å². The van der Waals surface area contributed by atoms with E-state index in [0.717, 1.165) is 36.6 Å². The minimum Gasteiger partial charge on any atom is -0.494 e. The number of nitrogen functional groups attached to an aromatic ring is 1. The zero-order valence-corrected chi connectivity index (χ0v) is 12.2. The molecule has 0 radical (unpaired) electrons. The summed E-state index contributed by atoms with van der Waals surface area (Å²) in [6.45, 7) is 7.00. The number of aliphatic hydroxyl groups excluding tert-OH is 1. The van der Waals surface area contributed by atoms with Crippen molar-refractivity contribution in [3.05, 3.63) is 23.8 Å². The first-order chi connectivity index (χ1) is 9.62. The van der Waals surface area contributed by atoms with Crippen molar-refractivity contribution in [3.8, 4) is 5.75 Å². The SMILES string of the molecule is CCOc1ccc(N)cc1CN1CC(C)OC(CO)C1. The number of nitrogens with two attached hydrogens (primary N) is 1. The van der Waals surface area contributed by atoms with Gasteiger partial charge in [-0.3, -0.25) is 4.90 Å². The first kappa shape index (κ1) is 15.1. The molecule has 5 nitrogen and oxygen atoms in total. The fourth-order valence-electron chi connectivity index (χ4n) is 2.63. The van der Waals surface area contributed by atoms with Gasteiger partial charge in [-0.1, -0.05) is 0 Å². The Bertz CT molecular complexity index is 439. The average Bonchev–Trinajstić information content (AvgIpc) is 2.41. The van der Waals surface area contributed by atoms with Crippen molar-refractivity contribution in [1.82, 2.24) is 4.90 Å². The minimum atomic E-state index is -0.115. The number of hydrogen-bond donors (Lipinski definition) is 2. The summed E-state index contributed by atoms with van der Waals surface area (Å²) >= 11 is 0. The highest BCUT2D eigenvalue weighted by Gasteiger charge is 2.25. The zero-order chi connectivity index (χ0) is 14.5. The molecule has 2 atom stereocenters. The first-order valence-electron chi connectivity index (χ1n) is 7.12. The van der Waals surface area contributed by atoms with Crippen LogP contribution in [-0.2, 0) is 11.3 Å². The molecule has 0 saturated carbocycles. The third kappa shape index (κ3) is 3.85. The second-order valence-electron chi connectivity index (χ2n) is 5.25. The molecule has 2 unspecified atom stereocenters. The number of morpholine rings is 1. The van der Waals surface area contributed by atoms with E-state index in [2.05, 4.69) is 4.90 Å². The summed E-state index contributed by atoms with van der Waals surface area (Å²) < 4.78 is 11.3. The number of rotatable bonds is 5. The van der Waals surface area contributed by atoms with Crippen LogP contribution in [0, 0.1) is 0 Å². The van der Waals surface area contributed by atoms with E-state index in [0.29, 0.717) is 6.61 Å². The number of ether oxygens (including phenoxy) is 2. The Hall–Kier alpha value is -1.30. The first-order valence-corrected chi connectivity index (χ1v) is 7.12. The summed E-state index contributed by atoms with van der Waals surface area (Å²) in [5.41, 5.74) is 7.69. The van der Waals surface area contributed by atoms with Gasteiger partial charge in [0.2, 0.25) is 0 Å². The van der Waals surface area contributed by atoms with Gasteiger partial charge < -0.3 is 20.3 Å². The van der Waals surface area contributed by atoms with Gasteiger partial charge in [0.05, 0.1) is 25.4 Å². The monoisotopic (exact) mass is 280 g/mol. The lowest BCUT2D eigenvalue weighted by atomic mass is 10.1. The van der Waals surface area contributed by atoms with E-state index < -0.39 is 0 Å². The smallest absolute Gasteiger partial charge is 0.123 e. The molecule has 0 bridgehead atoms. The summed E-state index contributed by atoms with van der Waals surface area (Å²) in [5.74, 6) is 0.876. The molecule has 1 aromatic carbocycles. The summed E-state index contributed by atoms with van der Waals surface area (Å²) in [7, 11) is 0. The number of hydrogen-bond acceptors (Lipinski definition) is 5. The van der Waals surface area contributed by atoms with Gasteiger partial charge in [0.15, 0.2) is 0 Å². The fraction of sp³-hybridized carbons (Fsp3) is 0.600. The van der Waals surface area contributed by atoms with Crippen molar-refractivity contribution >= 4 is 5.69 Å². The summed E-state index contributed by atoms with van der Waals surface area (Å²) in [5, 5.41) is 9.28.